The number of pyridine rings is 1. The molecule has 1 N–H and O–H groups in total. The van der Waals surface area contributed by atoms with E-state index < -0.39 is 0 Å². The summed E-state index contributed by atoms with van der Waals surface area (Å²) in [5, 5.41) is 6.92. The van der Waals surface area contributed by atoms with Crippen molar-refractivity contribution >= 4 is 17.5 Å². The lowest BCUT2D eigenvalue weighted by Crippen LogP contribution is -2.33. The van der Waals surface area contributed by atoms with Crippen LogP contribution in [0, 0.1) is 5.92 Å². The number of anilines is 1. The highest BCUT2D eigenvalue weighted by Gasteiger charge is 2.35. The Morgan fingerprint density at radius 1 is 1.39 bits per heavy atom. The lowest BCUT2D eigenvalue weighted by Gasteiger charge is -2.20. The number of hydrogen-bond acceptors (Lipinski definition) is 4. The summed E-state index contributed by atoms with van der Waals surface area (Å²) in [5.41, 5.74) is 0.612. The first kappa shape index (κ1) is 15.2. The standard InChI is InChI=1S/C16H19N5O2/c1-11(2)20-10-12(8-15(20)22)16(23)19-13-4-5-14(17-9-13)21-7-3-6-18-21/h3-7,9,11-12H,8,10H2,1-2H3,(H,19,23)/t12-/m1/s1. The minimum Gasteiger partial charge on any atom is -0.339 e. The summed E-state index contributed by atoms with van der Waals surface area (Å²) in [7, 11) is 0. The minimum atomic E-state index is -0.310. The monoisotopic (exact) mass is 313 g/mol. The zero-order chi connectivity index (χ0) is 16.4. The van der Waals surface area contributed by atoms with Gasteiger partial charge in [0.05, 0.1) is 17.8 Å². The van der Waals surface area contributed by atoms with E-state index in [4.69, 9.17) is 0 Å². The number of carbonyl (C=O) groups excluding carboxylic acids is 2. The van der Waals surface area contributed by atoms with Crippen LogP contribution in [0.2, 0.25) is 0 Å². The summed E-state index contributed by atoms with van der Waals surface area (Å²) in [4.78, 5) is 30.2. The highest BCUT2D eigenvalue weighted by molar-refractivity contribution is 5.97. The van der Waals surface area contributed by atoms with E-state index in [0.29, 0.717) is 18.1 Å². The topological polar surface area (TPSA) is 80.1 Å². The third kappa shape index (κ3) is 3.23. The summed E-state index contributed by atoms with van der Waals surface area (Å²) >= 11 is 0. The second kappa shape index (κ2) is 6.20. The normalized spacial score (nSPS) is 17.8. The van der Waals surface area contributed by atoms with Crippen LogP contribution in [0.25, 0.3) is 5.82 Å². The van der Waals surface area contributed by atoms with Gasteiger partial charge in [-0.3, -0.25) is 9.59 Å². The Bertz CT molecular complexity index is 694. The lowest BCUT2D eigenvalue weighted by atomic mass is 10.1. The van der Waals surface area contributed by atoms with Gasteiger partial charge < -0.3 is 10.2 Å². The van der Waals surface area contributed by atoms with E-state index in [0.717, 1.165) is 0 Å². The largest absolute Gasteiger partial charge is 0.339 e. The lowest BCUT2D eigenvalue weighted by molar-refractivity contribution is -0.129. The van der Waals surface area contributed by atoms with Crippen molar-refractivity contribution in [2.75, 3.05) is 11.9 Å². The Morgan fingerprint density at radius 2 is 2.22 bits per heavy atom. The summed E-state index contributed by atoms with van der Waals surface area (Å²) in [6.45, 7) is 4.38. The molecule has 0 unspecified atom stereocenters. The molecule has 7 heteroatoms. The molecule has 0 spiro atoms. The van der Waals surface area contributed by atoms with Crippen LogP contribution >= 0.6 is 0 Å². The van der Waals surface area contributed by atoms with Crippen molar-refractivity contribution in [3.63, 3.8) is 0 Å². The van der Waals surface area contributed by atoms with E-state index in [1.807, 2.05) is 19.9 Å². The number of amides is 2. The molecule has 7 nitrogen and oxygen atoms in total. The van der Waals surface area contributed by atoms with E-state index in [1.165, 1.54) is 0 Å². The third-order valence-corrected chi connectivity index (χ3v) is 3.91. The average molecular weight is 313 g/mol. The summed E-state index contributed by atoms with van der Waals surface area (Å²) in [6, 6.07) is 5.49. The van der Waals surface area contributed by atoms with Crippen molar-refractivity contribution in [2.24, 2.45) is 5.92 Å². The van der Waals surface area contributed by atoms with Gasteiger partial charge in [-0.25, -0.2) is 9.67 Å². The molecule has 0 radical (unpaired) electrons. The first-order valence-corrected chi connectivity index (χ1v) is 7.61. The number of carbonyl (C=O) groups is 2. The van der Waals surface area contributed by atoms with Gasteiger partial charge in [-0.1, -0.05) is 0 Å². The molecule has 1 aliphatic heterocycles. The van der Waals surface area contributed by atoms with Gasteiger partial charge in [0.1, 0.15) is 0 Å². The van der Waals surface area contributed by atoms with Crippen LogP contribution in [0.5, 0.6) is 0 Å². The van der Waals surface area contributed by atoms with Gasteiger partial charge >= 0.3 is 0 Å². The maximum absolute atomic E-state index is 12.3. The van der Waals surface area contributed by atoms with Gasteiger partial charge in [0.2, 0.25) is 11.8 Å². The highest BCUT2D eigenvalue weighted by atomic mass is 16.2. The zero-order valence-electron chi connectivity index (χ0n) is 13.1. The predicted molar refractivity (Wildman–Crippen MR) is 84.9 cm³/mol. The van der Waals surface area contributed by atoms with Gasteiger partial charge in [-0.2, -0.15) is 5.10 Å². The first-order chi connectivity index (χ1) is 11.0. The number of aromatic nitrogens is 3. The highest BCUT2D eigenvalue weighted by Crippen LogP contribution is 2.21. The Morgan fingerprint density at radius 3 is 2.78 bits per heavy atom. The fourth-order valence-corrected chi connectivity index (χ4v) is 2.65. The van der Waals surface area contributed by atoms with Gasteiger partial charge in [0.25, 0.3) is 0 Å². The molecule has 0 aliphatic carbocycles. The fourth-order valence-electron chi connectivity index (χ4n) is 2.65. The van der Waals surface area contributed by atoms with Crippen LogP contribution in [-0.2, 0) is 9.59 Å². The van der Waals surface area contributed by atoms with Crippen molar-refractivity contribution in [3.8, 4) is 5.82 Å². The SMILES string of the molecule is CC(C)N1C[C@H](C(=O)Nc2ccc(-n3cccn3)nc2)CC1=O. The second-order valence-corrected chi connectivity index (χ2v) is 5.89. The number of rotatable bonds is 4. The Labute approximate surface area is 134 Å². The Hall–Kier alpha value is -2.70. The Kier molecular flexibility index (Phi) is 4.10. The number of nitrogens with zero attached hydrogens (tertiary/aromatic N) is 4. The fraction of sp³-hybridized carbons (Fsp3) is 0.375. The summed E-state index contributed by atoms with van der Waals surface area (Å²) in [5.74, 6) is 0.258. The molecule has 2 aromatic heterocycles. The molecule has 23 heavy (non-hydrogen) atoms. The average Bonchev–Trinajstić information content (AvgIpc) is 3.17. The van der Waals surface area contributed by atoms with Gasteiger partial charge in [0.15, 0.2) is 5.82 Å². The van der Waals surface area contributed by atoms with E-state index in [-0.39, 0.29) is 30.2 Å². The molecule has 2 amide bonds. The maximum Gasteiger partial charge on any atom is 0.229 e. The first-order valence-electron chi connectivity index (χ1n) is 7.61. The van der Waals surface area contributed by atoms with E-state index in [1.54, 1.807) is 40.3 Å². The van der Waals surface area contributed by atoms with Crippen LogP contribution in [-0.4, -0.2) is 44.1 Å². The summed E-state index contributed by atoms with van der Waals surface area (Å²) < 4.78 is 1.64. The van der Waals surface area contributed by atoms with Crippen molar-refractivity contribution in [1.29, 1.82) is 0 Å². The molecule has 1 saturated heterocycles. The van der Waals surface area contributed by atoms with Gasteiger partial charge in [0, 0.05) is 31.4 Å². The van der Waals surface area contributed by atoms with Crippen LogP contribution in [0.1, 0.15) is 20.3 Å². The van der Waals surface area contributed by atoms with Crippen LogP contribution in [0.15, 0.2) is 36.8 Å². The van der Waals surface area contributed by atoms with Gasteiger partial charge in [-0.15, -0.1) is 0 Å². The molecule has 3 rings (SSSR count). The molecule has 0 saturated carbocycles. The quantitative estimate of drug-likeness (QED) is 0.927. The zero-order valence-corrected chi connectivity index (χ0v) is 13.1. The smallest absolute Gasteiger partial charge is 0.229 e. The molecule has 0 bridgehead atoms. The van der Waals surface area contributed by atoms with Crippen molar-refractivity contribution in [1.82, 2.24) is 19.7 Å². The molecule has 1 fully saturated rings. The molecule has 0 aromatic carbocycles. The summed E-state index contributed by atoms with van der Waals surface area (Å²) in [6.07, 6.45) is 5.33. The molecule has 3 heterocycles. The predicted octanol–water partition coefficient (Wildman–Crippen LogP) is 1.46. The number of nitrogens with one attached hydrogen (secondary N) is 1. The van der Waals surface area contributed by atoms with Crippen molar-refractivity contribution < 1.29 is 9.59 Å². The van der Waals surface area contributed by atoms with Crippen LogP contribution in [0.4, 0.5) is 5.69 Å². The minimum absolute atomic E-state index is 0.0345. The van der Waals surface area contributed by atoms with Crippen molar-refractivity contribution in [2.45, 2.75) is 26.3 Å². The molecule has 120 valence electrons. The molecule has 1 aliphatic rings. The van der Waals surface area contributed by atoms with Crippen LogP contribution < -0.4 is 5.32 Å². The number of hydrogen-bond donors (Lipinski definition) is 1. The van der Waals surface area contributed by atoms with E-state index >= 15 is 0 Å². The molecular formula is C16H19N5O2. The number of likely N-dealkylation sites (tertiary alicyclic amines) is 1. The second-order valence-electron chi connectivity index (χ2n) is 5.89. The van der Waals surface area contributed by atoms with Gasteiger partial charge in [-0.05, 0) is 32.0 Å². The van der Waals surface area contributed by atoms with E-state index in [2.05, 4.69) is 15.4 Å². The molecular weight excluding hydrogens is 294 g/mol. The molecule has 1 atom stereocenters. The van der Waals surface area contributed by atoms with Crippen molar-refractivity contribution in [3.05, 3.63) is 36.8 Å². The van der Waals surface area contributed by atoms with Crippen LogP contribution in [0.3, 0.4) is 0 Å². The third-order valence-electron chi connectivity index (χ3n) is 3.91. The van der Waals surface area contributed by atoms with E-state index in [9.17, 15) is 9.59 Å². The Balaban J connectivity index is 1.63. The molecule has 2 aromatic rings. The maximum atomic E-state index is 12.3.